The van der Waals surface area contributed by atoms with Gasteiger partial charge in [-0.15, -0.1) is 0 Å². The monoisotopic (exact) mass is 286 g/mol. The van der Waals surface area contributed by atoms with Crippen molar-refractivity contribution in [3.63, 3.8) is 0 Å². The fraction of sp³-hybridized carbons (Fsp3) is 0.533. The molecule has 0 amide bonds. The van der Waals surface area contributed by atoms with E-state index in [4.69, 9.17) is 4.74 Å². The third-order valence-electron chi connectivity index (χ3n) is 4.65. The summed E-state index contributed by atoms with van der Waals surface area (Å²) in [6, 6.07) is 3.63. The number of aromatic nitrogens is 3. The number of hydrogen-bond acceptors (Lipinski definition) is 5. The van der Waals surface area contributed by atoms with Gasteiger partial charge in [0.05, 0.1) is 23.6 Å². The van der Waals surface area contributed by atoms with Gasteiger partial charge in [0.25, 0.3) is 5.56 Å². The lowest BCUT2D eigenvalue weighted by molar-refractivity contribution is -0.0196. The molecule has 0 saturated carbocycles. The van der Waals surface area contributed by atoms with Crippen molar-refractivity contribution in [2.45, 2.75) is 30.9 Å². The lowest BCUT2D eigenvalue weighted by Crippen LogP contribution is -2.41. The van der Waals surface area contributed by atoms with Crippen LogP contribution in [0.25, 0.3) is 11.0 Å². The summed E-state index contributed by atoms with van der Waals surface area (Å²) in [6.45, 7) is 2.57. The molecule has 2 aliphatic rings. The third-order valence-corrected chi connectivity index (χ3v) is 4.65. The van der Waals surface area contributed by atoms with Gasteiger partial charge in [0.15, 0.2) is 5.65 Å². The largest absolute Gasteiger partial charge is 0.373 e. The quantitative estimate of drug-likeness (QED) is 0.842. The summed E-state index contributed by atoms with van der Waals surface area (Å²) in [5.41, 5.74) is 0.432. The Labute approximate surface area is 122 Å². The molecular weight excluding hydrogens is 268 g/mol. The van der Waals surface area contributed by atoms with Gasteiger partial charge in [-0.1, -0.05) is 0 Å². The number of rotatable bonds is 1. The summed E-state index contributed by atoms with van der Waals surface area (Å²) in [6.07, 6.45) is 6.19. The number of fused-ring (bicyclic) bond motifs is 1. The van der Waals surface area contributed by atoms with Crippen LogP contribution in [0, 0.1) is 0 Å². The van der Waals surface area contributed by atoms with Crippen LogP contribution in [0.4, 0.5) is 0 Å². The summed E-state index contributed by atoms with van der Waals surface area (Å²) in [4.78, 5) is 21.0. The predicted molar refractivity (Wildman–Crippen MR) is 78.2 cm³/mol. The summed E-state index contributed by atoms with van der Waals surface area (Å²) in [5, 5.41) is 3.93. The molecule has 110 valence electrons. The number of pyridine rings is 1. The molecule has 1 spiro atoms. The minimum atomic E-state index is -0.0563. The van der Waals surface area contributed by atoms with E-state index in [1.807, 2.05) is 0 Å². The lowest BCUT2D eigenvalue weighted by Gasteiger charge is -2.32. The first-order valence-corrected chi connectivity index (χ1v) is 7.44. The zero-order valence-corrected chi connectivity index (χ0v) is 11.8. The van der Waals surface area contributed by atoms with Crippen molar-refractivity contribution in [2.75, 3.05) is 19.7 Å². The van der Waals surface area contributed by atoms with E-state index in [1.165, 1.54) is 0 Å². The topological polar surface area (TPSA) is 69.0 Å². The molecule has 2 aromatic heterocycles. The van der Waals surface area contributed by atoms with Gasteiger partial charge >= 0.3 is 0 Å². The van der Waals surface area contributed by atoms with Gasteiger partial charge in [-0.2, -0.15) is 0 Å². The van der Waals surface area contributed by atoms with Crippen molar-refractivity contribution in [3.8, 4) is 0 Å². The molecule has 0 aromatic carbocycles. The zero-order chi connectivity index (χ0) is 14.3. The van der Waals surface area contributed by atoms with Crippen LogP contribution in [0.5, 0.6) is 0 Å². The molecule has 4 heterocycles. The van der Waals surface area contributed by atoms with Gasteiger partial charge in [-0.05, 0) is 44.5 Å². The molecule has 2 aliphatic heterocycles. The lowest BCUT2D eigenvalue weighted by atomic mass is 9.88. The second-order valence-corrected chi connectivity index (χ2v) is 5.93. The van der Waals surface area contributed by atoms with Crippen LogP contribution >= 0.6 is 0 Å². The highest BCUT2D eigenvalue weighted by Gasteiger charge is 2.42. The van der Waals surface area contributed by atoms with Crippen LogP contribution in [0.15, 0.2) is 29.5 Å². The molecule has 6 heteroatoms. The first-order valence-electron chi connectivity index (χ1n) is 7.44. The Morgan fingerprint density at radius 2 is 2.19 bits per heavy atom. The maximum atomic E-state index is 12.6. The van der Waals surface area contributed by atoms with E-state index >= 15 is 0 Å². The van der Waals surface area contributed by atoms with E-state index in [-0.39, 0.29) is 17.2 Å². The molecule has 2 aromatic rings. The van der Waals surface area contributed by atoms with Crippen LogP contribution in [0.1, 0.15) is 25.3 Å². The van der Waals surface area contributed by atoms with Gasteiger partial charge in [0.2, 0.25) is 0 Å². The fourth-order valence-corrected chi connectivity index (χ4v) is 3.47. The Morgan fingerprint density at radius 3 is 3.05 bits per heavy atom. The molecule has 0 bridgehead atoms. The molecule has 0 aliphatic carbocycles. The molecular formula is C15H18N4O2. The number of nitrogens with zero attached hydrogens (tertiary/aromatic N) is 3. The Balaban J connectivity index is 1.68. The van der Waals surface area contributed by atoms with Gasteiger partial charge < -0.3 is 10.1 Å². The van der Waals surface area contributed by atoms with Crippen LogP contribution in [-0.4, -0.2) is 39.8 Å². The van der Waals surface area contributed by atoms with Crippen molar-refractivity contribution in [3.05, 3.63) is 35.0 Å². The van der Waals surface area contributed by atoms with E-state index in [9.17, 15) is 4.79 Å². The molecule has 0 radical (unpaired) electrons. The minimum Gasteiger partial charge on any atom is -0.373 e. The van der Waals surface area contributed by atoms with E-state index in [0.29, 0.717) is 17.6 Å². The van der Waals surface area contributed by atoms with E-state index < -0.39 is 0 Å². The Kier molecular flexibility index (Phi) is 3.01. The SMILES string of the molecule is O=c1c2cccnc2ncn1C1COC2(CCNCC2)C1. The summed E-state index contributed by atoms with van der Waals surface area (Å²) in [5.74, 6) is 0. The van der Waals surface area contributed by atoms with E-state index in [1.54, 1.807) is 29.2 Å². The van der Waals surface area contributed by atoms with Crippen molar-refractivity contribution < 1.29 is 4.74 Å². The van der Waals surface area contributed by atoms with E-state index in [2.05, 4.69) is 15.3 Å². The first-order chi connectivity index (χ1) is 10.3. The third kappa shape index (κ3) is 2.15. The van der Waals surface area contributed by atoms with Gasteiger partial charge in [0, 0.05) is 6.20 Å². The van der Waals surface area contributed by atoms with E-state index in [0.717, 1.165) is 32.4 Å². The highest BCUT2D eigenvalue weighted by atomic mass is 16.5. The number of nitrogens with one attached hydrogen (secondary N) is 1. The smallest absolute Gasteiger partial charge is 0.263 e. The van der Waals surface area contributed by atoms with Crippen LogP contribution in [0.3, 0.4) is 0 Å². The van der Waals surface area contributed by atoms with Gasteiger partial charge in [-0.3, -0.25) is 9.36 Å². The summed E-state index contributed by atoms with van der Waals surface area (Å²) < 4.78 is 7.80. The van der Waals surface area contributed by atoms with Crippen molar-refractivity contribution in [1.29, 1.82) is 0 Å². The number of ether oxygens (including phenoxy) is 1. The molecule has 1 unspecified atom stereocenters. The fourth-order valence-electron chi connectivity index (χ4n) is 3.47. The van der Waals surface area contributed by atoms with Gasteiger partial charge in [-0.25, -0.2) is 9.97 Å². The van der Waals surface area contributed by atoms with Crippen LogP contribution < -0.4 is 10.9 Å². The van der Waals surface area contributed by atoms with Gasteiger partial charge in [0.1, 0.15) is 6.33 Å². The Bertz CT molecular complexity index is 721. The van der Waals surface area contributed by atoms with Crippen molar-refractivity contribution >= 4 is 11.0 Å². The maximum absolute atomic E-state index is 12.6. The summed E-state index contributed by atoms with van der Waals surface area (Å²) >= 11 is 0. The molecule has 1 atom stereocenters. The zero-order valence-electron chi connectivity index (χ0n) is 11.8. The molecule has 4 rings (SSSR count). The summed E-state index contributed by atoms with van der Waals surface area (Å²) in [7, 11) is 0. The molecule has 2 saturated heterocycles. The highest BCUT2D eigenvalue weighted by molar-refractivity contribution is 5.72. The second kappa shape index (κ2) is 4.89. The molecule has 21 heavy (non-hydrogen) atoms. The normalized spacial score (nSPS) is 24.7. The molecule has 2 fully saturated rings. The highest BCUT2D eigenvalue weighted by Crippen LogP contribution is 2.38. The number of hydrogen-bond donors (Lipinski definition) is 1. The minimum absolute atomic E-state index is 0.0207. The maximum Gasteiger partial charge on any atom is 0.263 e. The molecule has 1 N–H and O–H groups in total. The van der Waals surface area contributed by atoms with Crippen LogP contribution in [-0.2, 0) is 4.74 Å². The standard InChI is InChI=1S/C15H18N4O2/c20-14-12-2-1-5-17-13(12)18-10-19(14)11-8-15(21-9-11)3-6-16-7-4-15/h1-2,5,10-11,16H,3-4,6-9H2. The van der Waals surface area contributed by atoms with Crippen molar-refractivity contribution in [1.82, 2.24) is 19.9 Å². The average Bonchev–Trinajstić information content (AvgIpc) is 2.92. The van der Waals surface area contributed by atoms with Crippen LogP contribution in [0.2, 0.25) is 0 Å². The van der Waals surface area contributed by atoms with Crippen molar-refractivity contribution in [2.24, 2.45) is 0 Å². The average molecular weight is 286 g/mol. The Hall–Kier alpha value is -1.79. The number of piperidine rings is 1. The second-order valence-electron chi connectivity index (χ2n) is 5.93. The molecule has 6 nitrogen and oxygen atoms in total. The first kappa shape index (κ1) is 12.9. The predicted octanol–water partition coefficient (Wildman–Crippen LogP) is 0.875. The Morgan fingerprint density at radius 1 is 1.33 bits per heavy atom.